The summed E-state index contributed by atoms with van der Waals surface area (Å²) in [6.07, 6.45) is -9.72. The second kappa shape index (κ2) is 5.07. The largest absolute Gasteiger partial charge is 0.384 e. The molecule has 128 valence electrons. The van der Waals surface area contributed by atoms with Crippen molar-refractivity contribution in [3.63, 3.8) is 0 Å². The van der Waals surface area contributed by atoms with Gasteiger partial charge in [0.1, 0.15) is 0 Å². The topological polar surface area (TPSA) is 0 Å². The van der Waals surface area contributed by atoms with Crippen LogP contribution < -0.4 is 0 Å². The molecule has 0 rings (SSSR count). The van der Waals surface area contributed by atoms with E-state index >= 15 is 0 Å². The number of hydrogen-bond acceptors (Lipinski definition) is 0. The Morgan fingerprint density at radius 3 is 1.05 bits per heavy atom. The first-order chi connectivity index (χ1) is 8.89. The van der Waals surface area contributed by atoms with Gasteiger partial charge in [-0.2, -0.15) is 43.9 Å². The summed E-state index contributed by atoms with van der Waals surface area (Å²) >= 11 is 0. The van der Waals surface area contributed by atoms with Gasteiger partial charge in [-0.25, -0.2) is 13.2 Å². The summed E-state index contributed by atoms with van der Waals surface area (Å²) in [4.78, 5) is 0. The fourth-order valence-electron chi connectivity index (χ4n) is 1.00. The summed E-state index contributed by atoms with van der Waals surface area (Å²) in [7, 11) is 0. The molecule has 0 aromatic rings. The van der Waals surface area contributed by atoms with Crippen LogP contribution in [0.1, 0.15) is 6.92 Å². The van der Waals surface area contributed by atoms with Crippen molar-refractivity contribution in [1.82, 2.24) is 0 Å². The van der Waals surface area contributed by atoms with Crippen LogP contribution in [0.25, 0.3) is 0 Å². The summed E-state index contributed by atoms with van der Waals surface area (Å²) in [6.45, 7) is -0.437. The van der Waals surface area contributed by atoms with Gasteiger partial charge in [0.15, 0.2) is 6.17 Å². The van der Waals surface area contributed by atoms with Crippen LogP contribution in [0, 0.1) is 0 Å². The van der Waals surface area contributed by atoms with Gasteiger partial charge in [-0.3, -0.25) is 0 Å². The van der Waals surface area contributed by atoms with E-state index in [9.17, 15) is 57.1 Å². The molecule has 0 bridgehead atoms. The van der Waals surface area contributed by atoms with Gasteiger partial charge in [0.05, 0.1) is 0 Å². The molecule has 0 aromatic heterocycles. The van der Waals surface area contributed by atoms with Gasteiger partial charge < -0.3 is 0 Å². The fraction of sp³-hybridized carbons (Fsp3) is 1.00. The molecule has 0 amide bonds. The zero-order valence-corrected chi connectivity index (χ0v) is 9.57. The monoisotopic (exact) mass is 348 g/mol. The normalized spacial score (nSPS) is 17.3. The molecule has 0 spiro atoms. The Bertz CT molecular complexity index is 334. The van der Waals surface area contributed by atoms with Crippen molar-refractivity contribution in [3.05, 3.63) is 0 Å². The van der Waals surface area contributed by atoms with E-state index in [2.05, 4.69) is 0 Å². The number of hydrogen-bond donors (Lipinski definition) is 0. The lowest BCUT2D eigenvalue weighted by atomic mass is 9.93. The Labute approximate surface area is 107 Å². The van der Waals surface area contributed by atoms with Gasteiger partial charge in [0.25, 0.3) is 0 Å². The van der Waals surface area contributed by atoms with E-state index in [1.54, 1.807) is 0 Å². The first kappa shape index (κ1) is 20.1. The molecule has 21 heavy (non-hydrogen) atoms. The Morgan fingerprint density at radius 2 is 0.810 bits per heavy atom. The van der Waals surface area contributed by atoms with Gasteiger partial charge in [-0.15, -0.1) is 0 Å². The molecule has 0 heterocycles. The highest BCUT2D eigenvalue weighted by molar-refractivity contribution is 5.10. The zero-order valence-electron chi connectivity index (χ0n) is 9.57. The molecule has 0 N–H and O–H groups in total. The molecule has 0 radical (unpaired) electrons. The van der Waals surface area contributed by atoms with Crippen LogP contribution in [0.5, 0.6) is 0 Å². The molecule has 0 aromatic carbocycles. The molecule has 0 saturated carbocycles. The SMILES string of the molecule is CC(F)C(F)(F)C(F)(F)C(F)(F)C(F)(F)C(F)(F)C(F)F. The molecule has 1 unspecified atom stereocenters. The van der Waals surface area contributed by atoms with Crippen molar-refractivity contribution in [1.29, 1.82) is 0 Å². The van der Waals surface area contributed by atoms with Gasteiger partial charge in [0.2, 0.25) is 0 Å². The molecule has 0 fully saturated rings. The Morgan fingerprint density at radius 1 is 0.524 bits per heavy atom. The molecule has 0 saturated heterocycles. The summed E-state index contributed by atoms with van der Waals surface area (Å²) in [5.74, 6) is -36.2. The summed E-state index contributed by atoms with van der Waals surface area (Å²) in [5, 5.41) is 0. The van der Waals surface area contributed by atoms with Crippen LogP contribution in [0.3, 0.4) is 0 Å². The zero-order chi connectivity index (χ0) is 17.7. The molecular weight excluding hydrogens is 343 g/mol. The van der Waals surface area contributed by atoms with E-state index in [-0.39, 0.29) is 0 Å². The smallest absolute Gasteiger partial charge is 0.241 e. The molecule has 13 heteroatoms. The van der Waals surface area contributed by atoms with Crippen molar-refractivity contribution in [3.8, 4) is 0 Å². The van der Waals surface area contributed by atoms with Crippen molar-refractivity contribution < 1.29 is 57.1 Å². The molecule has 0 aliphatic carbocycles. The highest BCUT2D eigenvalue weighted by Gasteiger charge is 2.88. The minimum atomic E-state index is -7.66. The third kappa shape index (κ3) is 2.51. The fourth-order valence-corrected chi connectivity index (χ4v) is 1.00. The van der Waals surface area contributed by atoms with Crippen molar-refractivity contribution >= 4 is 0 Å². The number of rotatable bonds is 6. The summed E-state index contributed by atoms with van der Waals surface area (Å²) in [6, 6.07) is 0. The van der Waals surface area contributed by atoms with Gasteiger partial charge in [-0.1, -0.05) is 0 Å². The van der Waals surface area contributed by atoms with Crippen molar-refractivity contribution in [2.45, 2.75) is 49.1 Å². The third-order valence-corrected chi connectivity index (χ3v) is 2.40. The van der Waals surface area contributed by atoms with Crippen LogP contribution in [-0.2, 0) is 0 Å². The van der Waals surface area contributed by atoms with Gasteiger partial charge in [0, 0.05) is 0 Å². The van der Waals surface area contributed by atoms with Crippen LogP contribution in [0.2, 0.25) is 0 Å². The van der Waals surface area contributed by atoms with E-state index in [4.69, 9.17) is 0 Å². The lowest BCUT2D eigenvalue weighted by Crippen LogP contribution is -2.69. The van der Waals surface area contributed by atoms with E-state index in [0.29, 0.717) is 0 Å². The first-order valence-corrected chi connectivity index (χ1v) is 4.70. The van der Waals surface area contributed by atoms with Crippen LogP contribution >= 0.6 is 0 Å². The highest BCUT2D eigenvalue weighted by Crippen LogP contribution is 2.58. The average molecular weight is 348 g/mol. The Kier molecular flexibility index (Phi) is 4.85. The maximum Gasteiger partial charge on any atom is 0.384 e. The average Bonchev–Trinajstić information content (AvgIpc) is 2.27. The number of alkyl halides is 13. The standard InChI is InChI=1S/C8H5F13/c1-2(9)4(12,13)6(16,17)8(20,21)7(18,19)5(14,15)3(10)11/h2-3H,1H3. The van der Waals surface area contributed by atoms with Crippen LogP contribution in [-0.4, -0.2) is 42.2 Å². The minimum Gasteiger partial charge on any atom is -0.241 e. The third-order valence-electron chi connectivity index (χ3n) is 2.40. The predicted octanol–water partition coefficient (Wildman–Crippen LogP) is 4.79. The van der Waals surface area contributed by atoms with E-state index < -0.39 is 49.1 Å². The second-order valence-electron chi connectivity index (χ2n) is 3.89. The van der Waals surface area contributed by atoms with Crippen molar-refractivity contribution in [2.24, 2.45) is 0 Å². The van der Waals surface area contributed by atoms with E-state index in [0.717, 1.165) is 0 Å². The molecular formula is C8H5F13. The van der Waals surface area contributed by atoms with E-state index in [1.807, 2.05) is 0 Å². The van der Waals surface area contributed by atoms with E-state index in [1.165, 1.54) is 0 Å². The van der Waals surface area contributed by atoms with Crippen molar-refractivity contribution in [2.75, 3.05) is 0 Å². The lowest BCUT2D eigenvalue weighted by Gasteiger charge is -2.39. The molecule has 0 nitrogen and oxygen atoms in total. The van der Waals surface area contributed by atoms with Crippen LogP contribution in [0.4, 0.5) is 57.1 Å². The maximum absolute atomic E-state index is 12.7. The minimum absolute atomic E-state index is 0.437. The van der Waals surface area contributed by atoms with Gasteiger partial charge in [-0.05, 0) is 6.92 Å². The number of halogens is 13. The molecule has 1 atom stereocenters. The Balaban J connectivity index is 6.09. The van der Waals surface area contributed by atoms with Gasteiger partial charge >= 0.3 is 36.0 Å². The summed E-state index contributed by atoms with van der Waals surface area (Å²) in [5.41, 5.74) is 0. The molecule has 0 aliphatic heterocycles. The Hall–Kier alpha value is -0.910. The summed E-state index contributed by atoms with van der Waals surface area (Å²) < 4.78 is 161. The predicted molar refractivity (Wildman–Crippen MR) is 41.3 cm³/mol. The first-order valence-electron chi connectivity index (χ1n) is 4.70. The highest BCUT2D eigenvalue weighted by atomic mass is 19.4. The van der Waals surface area contributed by atoms with Crippen LogP contribution in [0.15, 0.2) is 0 Å². The lowest BCUT2D eigenvalue weighted by molar-refractivity contribution is -0.417. The maximum atomic E-state index is 12.7. The quantitative estimate of drug-likeness (QED) is 0.606. The molecule has 0 aliphatic rings. The second-order valence-corrected chi connectivity index (χ2v) is 3.89.